The topological polar surface area (TPSA) is 96.7 Å². The van der Waals surface area contributed by atoms with Gasteiger partial charge in [0.25, 0.3) is 5.91 Å². The van der Waals surface area contributed by atoms with Gasteiger partial charge < -0.3 is 16.0 Å². The molecule has 2 heterocycles. The van der Waals surface area contributed by atoms with Gasteiger partial charge >= 0.3 is 6.18 Å². The summed E-state index contributed by atoms with van der Waals surface area (Å²) < 4.78 is 40.2. The number of aromatic amines is 1. The van der Waals surface area contributed by atoms with Gasteiger partial charge in [0.05, 0.1) is 16.6 Å². The summed E-state index contributed by atoms with van der Waals surface area (Å²) in [4.78, 5) is 23.5. The molecular formula is C20H14F3N5O. The highest BCUT2D eigenvalue weighted by molar-refractivity contribution is 6.05. The SMILES string of the molecule is Nc1ccc(-c2nc3ccc(C(=O)Nc4ccccn4)cc3[nH]2)c(C(F)(F)F)c1. The van der Waals surface area contributed by atoms with Gasteiger partial charge in [-0.25, -0.2) is 9.97 Å². The van der Waals surface area contributed by atoms with Crippen molar-refractivity contribution in [2.75, 3.05) is 11.1 Å². The van der Waals surface area contributed by atoms with Crippen molar-refractivity contribution in [2.24, 2.45) is 0 Å². The summed E-state index contributed by atoms with van der Waals surface area (Å²) >= 11 is 0. The molecule has 9 heteroatoms. The lowest BCUT2D eigenvalue weighted by Crippen LogP contribution is -2.12. The third kappa shape index (κ3) is 3.75. The number of hydrogen-bond acceptors (Lipinski definition) is 4. The van der Waals surface area contributed by atoms with Crippen LogP contribution in [0.5, 0.6) is 0 Å². The maximum atomic E-state index is 13.4. The summed E-state index contributed by atoms with van der Waals surface area (Å²) in [5.74, 6) is 0.0272. The van der Waals surface area contributed by atoms with Crippen molar-refractivity contribution < 1.29 is 18.0 Å². The number of carbonyl (C=O) groups excluding carboxylic acids is 1. The molecule has 0 unspecified atom stereocenters. The number of nitrogen functional groups attached to an aromatic ring is 1. The van der Waals surface area contributed by atoms with E-state index in [0.29, 0.717) is 22.4 Å². The number of H-pyrrole nitrogens is 1. The molecule has 29 heavy (non-hydrogen) atoms. The number of rotatable bonds is 3. The number of nitrogens with two attached hydrogens (primary N) is 1. The largest absolute Gasteiger partial charge is 0.417 e. The van der Waals surface area contributed by atoms with Crippen molar-refractivity contribution in [1.29, 1.82) is 0 Å². The van der Waals surface area contributed by atoms with E-state index in [4.69, 9.17) is 5.73 Å². The van der Waals surface area contributed by atoms with Gasteiger partial charge in [0.15, 0.2) is 0 Å². The molecule has 0 fully saturated rings. The first-order chi connectivity index (χ1) is 13.8. The molecular weight excluding hydrogens is 383 g/mol. The van der Waals surface area contributed by atoms with Crippen molar-refractivity contribution in [2.45, 2.75) is 6.18 Å². The molecule has 0 aliphatic heterocycles. The molecule has 0 bridgehead atoms. The van der Waals surface area contributed by atoms with Gasteiger partial charge in [-0.3, -0.25) is 4.79 Å². The maximum Gasteiger partial charge on any atom is 0.417 e. The molecule has 4 rings (SSSR count). The molecule has 0 saturated carbocycles. The number of nitrogens with one attached hydrogen (secondary N) is 2. The summed E-state index contributed by atoms with van der Waals surface area (Å²) in [5, 5.41) is 2.65. The Morgan fingerprint density at radius 1 is 1.07 bits per heavy atom. The zero-order valence-corrected chi connectivity index (χ0v) is 14.8. The third-order valence-electron chi connectivity index (χ3n) is 4.25. The molecule has 4 aromatic rings. The zero-order valence-electron chi connectivity index (χ0n) is 14.8. The second-order valence-corrected chi connectivity index (χ2v) is 6.29. The van der Waals surface area contributed by atoms with Crippen LogP contribution in [-0.4, -0.2) is 20.9 Å². The van der Waals surface area contributed by atoms with Crippen LogP contribution in [0.1, 0.15) is 15.9 Å². The van der Waals surface area contributed by atoms with Crippen LogP contribution < -0.4 is 11.1 Å². The number of nitrogens with zero attached hydrogens (tertiary/aromatic N) is 2. The normalized spacial score (nSPS) is 11.6. The van der Waals surface area contributed by atoms with Crippen LogP contribution in [-0.2, 0) is 6.18 Å². The highest BCUT2D eigenvalue weighted by Gasteiger charge is 2.34. The Labute approximate surface area is 162 Å². The fourth-order valence-corrected chi connectivity index (χ4v) is 2.91. The number of pyridine rings is 1. The first-order valence-electron chi connectivity index (χ1n) is 8.50. The van der Waals surface area contributed by atoms with E-state index in [1.807, 2.05) is 0 Å². The lowest BCUT2D eigenvalue weighted by Gasteiger charge is -2.11. The Morgan fingerprint density at radius 3 is 2.62 bits per heavy atom. The molecule has 0 atom stereocenters. The molecule has 2 aromatic heterocycles. The summed E-state index contributed by atoms with van der Waals surface area (Å²) in [6.45, 7) is 0. The number of hydrogen-bond donors (Lipinski definition) is 3. The van der Waals surface area contributed by atoms with E-state index >= 15 is 0 Å². The molecule has 6 nitrogen and oxygen atoms in total. The average molecular weight is 397 g/mol. The number of fused-ring (bicyclic) bond motifs is 1. The Balaban J connectivity index is 1.71. The number of aromatic nitrogens is 3. The molecule has 146 valence electrons. The minimum Gasteiger partial charge on any atom is -0.399 e. The first-order valence-corrected chi connectivity index (χ1v) is 8.50. The van der Waals surface area contributed by atoms with Crippen LogP contribution in [0.2, 0.25) is 0 Å². The number of amides is 1. The number of anilines is 2. The second-order valence-electron chi connectivity index (χ2n) is 6.29. The quantitative estimate of drug-likeness (QED) is 0.444. The number of imidazole rings is 1. The predicted octanol–water partition coefficient (Wildman–Crippen LogP) is 4.48. The van der Waals surface area contributed by atoms with Crippen LogP contribution >= 0.6 is 0 Å². The summed E-state index contributed by atoms with van der Waals surface area (Å²) in [7, 11) is 0. The molecule has 2 aromatic carbocycles. The number of halogens is 3. The van der Waals surface area contributed by atoms with Gasteiger partial charge in [-0.2, -0.15) is 13.2 Å². The fourth-order valence-electron chi connectivity index (χ4n) is 2.91. The van der Waals surface area contributed by atoms with Crippen molar-refractivity contribution in [3.05, 3.63) is 71.9 Å². The highest BCUT2D eigenvalue weighted by Crippen LogP contribution is 2.37. The lowest BCUT2D eigenvalue weighted by molar-refractivity contribution is -0.137. The molecule has 0 spiro atoms. The maximum absolute atomic E-state index is 13.4. The summed E-state index contributed by atoms with van der Waals surface area (Å²) in [5.41, 5.74) is 5.68. The summed E-state index contributed by atoms with van der Waals surface area (Å²) in [6.07, 6.45) is -3.04. The highest BCUT2D eigenvalue weighted by atomic mass is 19.4. The van der Waals surface area contributed by atoms with E-state index in [9.17, 15) is 18.0 Å². The van der Waals surface area contributed by atoms with E-state index < -0.39 is 17.6 Å². The van der Waals surface area contributed by atoms with Crippen LogP contribution in [0.3, 0.4) is 0 Å². The smallest absolute Gasteiger partial charge is 0.399 e. The predicted molar refractivity (Wildman–Crippen MR) is 103 cm³/mol. The van der Waals surface area contributed by atoms with Gasteiger partial charge in [-0.15, -0.1) is 0 Å². The average Bonchev–Trinajstić information content (AvgIpc) is 3.11. The Kier molecular flexibility index (Phi) is 4.42. The standard InChI is InChI=1S/C20H14F3N5O/c21-20(22,23)14-10-12(24)5-6-13(14)18-26-15-7-4-11(9-16(15)27-18)19(29)28-17-3-1-2-8-25-17/h1-10H,24H2,(H,26,27)(H,25,28,29). The van der Waals surface area contributed by atoms with E-state index in [1.165, 1.54) is 18.2 Å². The monoisotopic (exact) mass is 397 g/mol. The Morgan fingerprint density at radius 2 is 1.90 bits per heavy atom. The zero-order chi connectivity index (χ0) is 20.6. The van der Waals surface area contributed by atoms with E-state index in [0.717, 1.165) is 6.07 Å². The van der Waals surface area contributed by atoms with E-state index in [2.05, 4.69) is 20.3 Å². The Bertz CT molecular complexity index is 1200. The van der Waals surface area contributed by atoms with Gasteiger partial charge in [0, 0.05) is 23.0 Å². The molecule has 4 N–H and O–H groups in total. The molecule has 0 saturated heterocycles. The molecule has 0 radical (unpaired) electrons. The van der Waals surface area contributed by atoms with E-state index in [-0.39, 0.29) is 17.1 Å². The lowest BCUT2D eigenvalue weighted by atomic mass is 10.1. The fraction of sp³-hybridized carbons (Fsp3) is 0.0500. The number of carbonyl (C=O) groups is 1. The minimum atomic E-state index is -4.59. The van der Waals surface area contributed by atoms with Gasteiger partial charge in [-0.05, 0) is 48.5 Å². The van der Waals surface area contributed by atoms with Crippen molar-refractivity contribution >= 4 is 28.4 Å². The van der Waals surface area contributed by atoms with Crippen LogP contribution in [0.15, 0.2) is 60.8 Å². The van der Waals surface area contributed by atoms with Gasteiger partial charge in [-0.1, -0.05) is 6.07 Å². The number of benzene rings is 2. The van der Waals surface area contributed by atoms with Crippen molar-refractivity contribution in [3.8, 4) is 11.4 Å². The molecule has 0 aliphatic rings. The minimum absolute atomic E-state index is 0.00525. The van der Waals surface area contributed by atoms with Gasteiger partial charge in [0.2, 0.25) is 0 Å². The van der Waals surface area contributed by atoms with Crippen LogP contribution in [0.25, 0.3) is 22.4 Å². The van der Waals surface area contributed by atoms with Crippen molar-refractivity contribution in [3.63, 3.8) is 0 Å². The van der Waals surface area contributed by atoms with E-state index in [1.54, 1.807) is 36.5 Å². The van der Waals surface area contributed by atoms with Gasteiger partial charge in [0.1, 0.15) is 11.6 Å². The van der Waals surface area contributed by atoms with Crippen LogP contribution in [0, 0.1) is 0 Å². The molecule has 0 aliphatic carbocycles. The third-order valence-corrected chi connectivity index (χ3v) is 4.25. The Hall–Kier alpha value is -3.88. The number of alkyl halides is 3. The summed E-state index contributed by atoms with van der Waals surface area (Å²) in [6, 6.07) is 13.2. The first kappa shape index (κ1) is 18.5. The van der Waals surface area contributed by atoms with Crippen LogP contribution in [0.4, 0.5) is 24.7 Å². The molecule has 1 amide bonds. The second kappa shape index (κ2) is 6.93. The van der Waals surface area contributed by atoms with Crippen molar-refractivity contribution in [1.82, 2.24) is 15.0 Å².